The standard InChI is InChI=1S/C11H15N3O2S2/c1-8-11(9(2)14(3)13-8)18(15,16)12-6-10-4-5-17-7-10/h4-5,7,12H,6H2,1-3H3. The van der Waals surface area contributed by atoms with Crippen LogP contribution >= 0.6 is 11.3 Å². The van der Waals surface area contributed by atoms with Crippen LogP contribution in [0.2, 0.25) is 0 Å². The molecule has 0 aliphatic heterocycles. The van der Waals surface area contributed by atoms with Gasteiger partial charge in [-0.05, 0) is 36.2 Å². The Morgan fingerprint density at radius 3 is 2.67 bits per heavy atom. The van der Waals surface area contributed by atoms with Crippen molar-refractivity contribution in [3.8, 4) is 0 Å². The van der Waals surface area contributed by atoms with Gasteiger partial charge in [0.25, 0.3) is 0 Å². The summed E-state index contributed by atoms with van der Waals surface area (Å²) in [6.07, 6.45) is 0. The summed E-state index contributed by atoms with van der Waals surface area (Å²) in [4.78, 5) is 0.278. The second-order valence-electron chi connectivity index (χ2n) is 4.08. The van der Waals surface area contributed by atoms with Crippen LogP contribution in [-0.2, 0) is 23.6 Å². The number of aromatic nitrogens is 2. The summed E-state index contributed by atoms with van der Waals surface area (Å²) in [6, 6.07) is 1.90. The fourth-order valence-electron chi connectivity index (χ4n) is 1.79. The Kier molecular flexibility index (Phi) is 3.56. The highest BCUT2D eigenvalue weighted by molar-refractivity contribution is 7.89. The number of aryl methyl sites for hydroxylation is 2. The second-order valence-corrected chi connectivity index (χ2v) is 6.56. The molecular formula is C11H15N3O2S2. The third-order valence-electron chi connectivity index (χ3n) is 2.76. The molecule has 0 amide bonds. The Bertz CT molecular complexity index is 642. The first kappa shape index (κ1) is 13.3. The average molecular weight is 285 g/mol. The zero-order valence-electron chi connectivity index (χ0n) is 10.5. The third-order valence-corrected chi connectivity index (χ3v) is 5.14. The lowest BCUT2D eigenvalue weighted by molar-refractivity contribution is 0.580. The van der Waals surface area contributed by atoms with Crippen LogP contribution < -0.4 is 4.72 Å². The normalized spacial score (nSPS) is 11.9. The predicted octanol–water partition coefficient (Wildman–Crippen LogP) is 1.58. The van der Waals surface area contributed by atoms with Crippen molar-refractivity contribution in [3.05, 3.63) is 33.8 Å². The predicted molar refractivity (Wildman–Crippen MR) is 71.0 cm³/mol. The van der Waals surface area contributed by atoms with Gasteiger partial charge in [0.15, 0.2) is 0 Å². The van der Waals surface area contributed by atoms with Crippen molar-refractivity contribution in [1.29, 1.82) is 0 Å². The van der Waals surface area contributed by atoms with Gasteiger partial charge in [0, 0.05) is 13.6 Å². The minimum Gasteiger partial charge on any atom is -0.271 e. The number of thiophene rings is 1. The van der Waals surface area contributed by atoms with Crippen molar-refractivity contribution in [2.24, 2.45) is 7.05 Å². The van der Waals surface area contributed by atoms with Crippen molar-refractivity contribution in [3.63, 3.8) is 0 Å². The monoisotopic (exact) mass is 285 g/mol. The molecule has 0 radical (unpaired) electrons. The Labute approximate surface area is 111 Å². The molecule has 0 atom stereocenters. The van der Waals surface area contributed by atoms with E-state index >= 15 is 0 Å². The van der Waals surface area contributed by atoms with E-state index in [2.05, 4.69) is 9.82 Å². The Hall–Kier alpha value is -1.18. The highest BCUT2D eigenvalue weighted by Gasteiger charge is 2.23. The molecule has 1 N–H and O–H groups in total. The van der Waals surface area contributed by atoms with E-state index in [-0.39, 0.29) is 4.90 Å². The maximum atomic E-state index is 12.2. The molecule has 7 heteroatoms. The van der Waals surface area contributed by atoms with Crippen LogP contribution in [0.15, 0.2) is 21.7 Å². The van der Waals surface area contributed by atoms with Crippen molar-refractivity contribution in [1.82, 2.24) is 14.5 Å². The number of sulfonamides is 1. The topological polar surface area (TPSA) is 64.0 Å². The molecule has 0 aliphatic carbocycles. The van der Waals surface area contributed by atoms with E-state index in [4.69, 9.17) is 0 Å². The highest BCUT2D eigenvalue weighted by Crippen LogP contribution is 2.18. The smallest absolute Gasteiger partial charge is 0.244 e. The van der Waals surface area contributed by atoms with Crippen LogP contribution in [0.5, 0.6) is 0 Å². The highest BCUT2D eigenvalue weighted by atomic mass is 32.2. The van der Waals surface area contributed by atoms with Crippen LogP contribution in [0.1, 0.15) is 17.0 Å². The van der Waals surface area contributed by atoms with E-state index in [0.29, 0.717) is 17.9 Å². The largest absolute Gasteiger partial charge is 0.271 e. The molecule has 0 unspecified atom stereocenters. The summed E-state index contributed by atoms with van der Waals surface area (Å²) < 4.78 is 28.6. The summed E-state index contributed by atoms with van der Waals surface area (Å²) in [5, 5.41) is 7.96. The van der Waals surface area contributed by atoms with Crippen LogP contribution in [0.25, 0.3) is 0 Å². The maximum absolute atomic E-state index is 12.2. The molecule has 2 heterocycles. The summed E-state index contributed by atoms with van der Waals surface area (Å²) in [7, 11) is -1.77. The van der Waals surface area contributed by atoms with E-state index in [1.54, 1.807) is 36.9 Å². The third kappa shape index (κ3) is 2.47. The SMILES string of the molecule is Cc1nn(C)c(C)c1S(=O)(=O)NCc1ccsc1. The number of hydrogen-bond acceptors (Lipinski definition) is 4. The molecule has 0 aromatic carbocycles. The molecular weight excluding hydrogens is 270 g/mol. The Morgan fingerprint density at radius 1 is 1.44 bits per heavy atom. The lowest BCUT2D eigenvalue weighted by Crippen LogP contribution is -2.24. The van der Waals surface area contributed by atoms with Crippen molar-refractivity contribution in [2.45, 2.75) is 25.3 Å². The summed E-state index contributed by atoms with van der Waals surface area (Å²) in [6.45, 7) is 3.75. The van der Waals surface area contributed by atoms with Gasteiger partial charge in [0.2, 0.25) is 10.0 Å². The van der Waals surface area contributed by atoms with Gasteiger partial charge in [-0.3, -0.25) is 4.68 Å². The molecule has 2 aromatic heterocycles. The zero-order valence-corrected chi connectivity index (χ0v) is 12.1. The van der Waals surface area contributed by atoms with E-state index in [1.165, 1.54) is 0 Å². The van der Waals surface area contributed by atoms with Crippen molar-refractivity contribution < 1.29 is 8.42 Å². The number of rotatable bonds is 4. The van der Waals surface area contributed by atoms with Crippen LogP contribution in [0.4, 0.5) is 0 Å². The molecule has 0 aliphatic rings. The van der Waals surface area contributed by atoms with Gasteiger partial charge in [-0.15, -0.1) is 0 Å². The van der Waals surface area contributed by atoms with E-state index < -0.39 is 10.0 Å². The maximum Gasteiger partial charge on any atom is 0.244 e. The van der Waals surface area contributed by atoms with Crippen LogP contribution in [0, 0.1) is 13.8 Å². The van der Waals surface area contributed by atoms with Gasteiger partial charge in [-0.1, -0.05) is 0 Å². The molecule has 2 rings (SSSR count). The first-order valence-electron chi connectivity index (χ1n) is 5.43. The fraction of sp³-hybridized carbons (Fsp3) is 0.364. The Morgan fingerprint density at radius 2 is 2.17 bits per heavy atom. The molecule has 0 saturated heterocycles. The van der Waals surface area contributed by atoms with Gasteiger partial charge in [0.1, 0.15) is 4.90 Å². The minimum absolute atomic E-state index is 0.278. The molecule has 0 bridgehead atoms. The number of nitrogens with zero attached hydrogens (tertiary/aromatic N) is 2. The molecule has 2 aromatic rings. The van der Waals surface area contributed by atoms with E-state index in [0.717, 1.165) is 5.56 Å². The molecule has 18 heavy (non-hydrogen) atoms. The summed E-state index contributed by atoms with van der Waals surface area (Å²) >= 11 is 1.55. The first-order chi connectivity index (χ1) is 8.42. The quantitative estimate of drug-likeness (QED) is 0.927. The molecule has 5 nitrogen and oxygen atoms in total. The summed E-state index contributed by atoms with van der Waals surface area (Å²) in [5.41, 5.74) is 2.13. The van der Waals surface area contributed by atoms with Crippen LogP contribution in [-0.4, -0.2) is 18.2 Å². The molecule has 98 valence electrons. The lowest BCUT2D eigenvalue weighted by Gasteiger charge is -2.06. The van der Waals surface area contributed by atoms with E-state index in [1.807, 2.05) is 16.8 Å². The molecule has 0 fully saturated rings. The zero-order chi connectivity index (χ0) is 13.3. The molecule has 0 saturated carbocycles. The van der Waals surface area contributed by atoms with Gasteiger partial charge >= 0.3 is 0 Å². The average Bonchev–Trinajstić information content (AvgIpc) is 2.86. The van der Waals surface area contributed by atoms with Crippen LogP contribution in [0.3, 0.4) is 0 Å². The fourth-order valence-corrected chi connectivity index (χ4v) is 3.91. The lowest BCUT2D eigenvalue weighted by atomic mass is 10.4. The van der Waals surface area contributed by atoms with Crippen molar-refractivity contribution >= 4 is 21.4 Å². The van der Waals surface area contributed by atoms with Gasteiger partial charge in [-0.2, -0.15) is 16.4 Å². The first-order valence-corrected chi connectivity index (χ1v) is 7.85. The second kappa shape index (κ2) is 4.83. The minimum atomic E-state index is -3.51. The Balaban J connectivity index is 2.26. The number of hydrogen-bond donors (Lipinski definition) is 1. The van der Waals surface area contributed by atoms with Gasteiger partial charge in [0.05, 0.1) is 11.4 Å². The summed E-state index contributed by atoms with van der Waals surface area (Å²) in [5.74, 6) is 0. The van der Waals surface area contributed by atoms with Gasteiger partial charge < -0.3 is 0 Å². The van der Waals surface area contributed by atoms with Gasteiger partial charge in [-0.25, -0.2) is 13.1 Å². The van der Waals surface area contributed by atoms with E-state index in [9.17, 15) is 8.42 Å². The molecule has 0 spiro atoms. The van der Waals surface area contributed by atoms with Crippen molar-refractivity contribution in [2.75, 3.05) is 0 Å². The number of nitrogens with one attached hydrogen (secondary N) is 1.